The maximum Gasteiger partial charge on any atom is 0.311 e. The first-order chi connectivity index (χ1) is 19.2. The summed E-state index contributed by atoms with van der Waals surface area (Å²) in [7, 11) is 1.55. The van der Waals surface area contributed by atoms with E-state index in [9.17, 15) is 19.2 Å². The highest BCUT2D eigenvalue weighted by atomic mass is 16.7. The van der Waals surface area contributed by atoms with Crippen LogP contribution in [0.2, 0.25) is 0 Å². The summed E-state index contributed by atoms with van der Waals surface area (Å²) in [4.78, 5) is 50.4. The third kappa shape index (κ3) is 8.49. The molecule has 3 aliphatic heterocycles. The molecule has 3 heterocycles. The molecular weight excluding hydrogens is 536 g/mol. The number of ketones is 1. The lowest BCUT2D eigenvalue weighted by Crippen LogP contribution is -2.52. The molecule has 2 unspecified atom stereocenters. The van der Waals surface area contributed by atoms with Crippen molar-refractivity contribution in [3.8, 4) is 0 Å². The third-order valence-corrected chi connectivity index (χ3v) is 8.52. The van der Waals surface area contributed by atoms with Crippen LogP contribution < -0.4 is 0 Å². The highest BCUT2D eigenvalue weighted by Gasteiger charge is 2.55. The normalized spacial score (nSPS) is 42.6. The van der Waals surface area contributed by atoms with Gasteiger partial charge in [0.15, 0.2) is 23.8 Å². The first-order valence-corrected chi connectivity index (χ1v) is 14.7. The topological polar surface area (TPSA) is 136 Å². The van der Waals surface area contributed by atoms with Crippen molar-refractivity contribution in [2.45, 2.75) is 130 Å². The molecule has 11 nitrogen and oxygen atoms in total. The van der Waals surface area contributed by atoms with E-state index in [2.05, 4.69) is 6.92 Å². The van der Waals surface area contributed by atoms with Gasteiger partial charge in [0.25, 0.3) is 0 Å². The molecule has 0 aromatic rings. The standard InChI is InChI=1S/C30H48O11/c1-15-10-16(2)26(41-25-12-24(35-9)27(20(6)38-25)40-22(8)32)19(5)29(34)37-17(3)11-23(39-21(7)31)18(4)28(33)30(13-15)14-36-30/h15-20,23-27H,10-14H2,1-9H3/t15-,16-,17-,18-,19-,20?,23?,24-,25+,26+,27+,30-/m1/s1. The quantitative estimate of drug-likeness (QED) is 0.267. The van der Waals surface area contributed by atoms with Gasteiger partial charge < -0.3 is 33.2 Å². The van der Waals surface area contributed by atoms with Crippen molar-refractivity contribution in [1.82, 2.24) is 0 Å². The molecular formula is C30H48O11. The van der Waals surface area contributed by atoms with Gasteiger partial charge in [-0.15, -0.1) is 0 Å². The Morgan fingerprint density at radius 1 is 0.854 bits per heavy atom. The maximum atomic E-state index is 13.5. The number of carbonyl (C=O) groups excluding carboxylic acids is 4. The molecule has 3 saturated heterocycles. The number of ether oxygens (including phenoxy) is 7. The molecule has 3 rings (SSSR count). The number of Topliss-reactive ketones (excluding diaryl/α,β-unsaturated/α-hetero) is 1. The second kappa shape index (κ2) is 13.9. The van der Waals surface area contributed by atoms with Gasteiger partial charge in [-0.3, -0.25) is 19.2 Å². The van der Waals surface area contributed by atoms with E-state index >= 15 is 0 Å². The second-order valence-electron chi connectivity index (χ2n) is 12.3. The van der Waals surface area contributed by atoms with Crippen LogP contribution in [-0.2, 0) is 52.3 Å². The van der Waals surface area contributed by atoms with Gasteiger partial charge in [-0.05, 0) is 45.4 Å². The molecule has 0 saturated carbocycles. The Labute approximate surface area is 243 Å². The van der Waals surface area contributed by atoms with Gasteiger partial charge in [0.05, 0.1) is 30.7 Å². The van der Waals surface area contributed by atoms with E-state index < -0.39 is 78.3 Å². The monoisotopic (exact) mass is 584 g/mol. The minimum absolute atomic E-state index is 0.0679. The molecule has 0 aliphatic carbocycles. The minimum atomic E-state index is -0.901. The predicted molar refractivity (Wildman–Crippen MR) is 145 cm³/mol. The van der Waals surface area contributed by atoms with E-state index in [1.54, 1.807) is 34.8 Å². The van der Waals surface area contributed by atoms with E-state index in [4.69, 9.17) is 33.2 Å². The van der Waals surface area contributed by atoms with Crippen LogP contribution in [0.1, 0.15) is 81.1 Å². The zero-order valence-corrected chi connectivity index (χ0v) is 25.9. The van der Waals surface area contributed by atoms with Crippen molar-refractivity contribution in [2.75, 3.05) is 13.7 Å². The van der Waals surface area contributed by atoms with Crippen LogP contribution in [0, 0.1) is 23.7 Å². The molecule has 0 bridgehead atoms. The van der Waals surface area contributed by atoms with Crippen molar-refractivity contribution in [3.63, 3.8) is 0 Å². The van der Waals surface area contributed by atoms with Gasteiger partial charge in [0, 0.05) is 33.8 Å². The zero-order chi connectivity index (χ0) is 30.6. The van der Waals surface area contributed by atoms with Gasteiger partial charge in [0.2, 0.25) is 0 Å². The molecule has 3 fully saturated rings. The third-order valence-electron chi connectivity index (χ3n) is 8.52. The van der Waals surface area contributed by atoms with E-state index in [1.807, 2.05) is 6.92 Å². The lowest BCUT2D eigenvalue weighted by Gasteiger charge is -2.41. The number of epoxide rings is 1. The first-order valence-electron chi connectivity index (χ1n) is 14.7. The fourth-order valence-corrected chi connectivity index (χ4v) is 6.43. The average molecular weight is 585 g/mol. The molecule has 41 heavy (non-hydrogen) atoms. The van der Waals surface area contributed by atoms with Crippen molar-refractivity contribution in [1.29, 1.82) is 0 Å². The highest BCUT2D eigenvalue weighted by molar-refractivity contribution is 5.92. The summed E-state index contributed by atoms with van der Waals surface area (Å²) < 4.78 is 40.7. The Morgan fingerprint density at radius 2 is 1.49 bits per heavy atom. The van der Waals surface area contributed by atoms with Gasteiger partial charge in [-0.2, -0.15) is 0 Å². The van der Waals surface area contributed by atoms with Crippen LogP contribution in [0.3, 0.4) is 0 Å². The Hall–Kier alpha value is -2.08. The Kier molecular flexibility index (Phi) is 11.4. The summed E-state index contributed by atoms with van der Waals surface area (Å²) in [6.45, 7) is 14.1. The zero-order valence-electron chi connectivity index (χ0n) is 25.9. The van der Waals surface area contributed by atoms with E-state index in [0.29, 0.717) is 25.9 Å². The maximum absolute atomic E-state index is 13.5. The molecule has 0 aromatic heterocycles. The van der Waals surface area contributed by atoms with Crippen molar-refractivity contribution < 1.29 is 52.3 Å². The molecule has 12 atom stereocenters. The van der Waals surface area contributed by atoms with Gasteiger partial charge in [-0.25, -0.2) is 0 Å². The molecule has 1 spiro atoms. The molecule has 0 radical (unpaired) electrons. The summed E-state index contributed by atoms with van der Waals surface area (Å²) in [6.07, 6.45) is -2.51. The van der Waals surface area contributed by atoms with Crippen LogP contribution in [0.25, 0.3) is 0 Å². The van der Waals surface area contributed by atoms with E-state index in [0.717, 1.165) is 0 Å². The van der Waals surface area contributed by atoms with Gasteiger partial charge >= 0.3 is 17.9 Å². The van der Waals surface area contributed by atoms with Crippen LogP contribution in [0.15, 0.2) is 0 Å². The summed E-state index contributed by atoms with van der Waals surface area (Å²) in [6, 6.07) is 0. The van der Waals surface area contributed by atoms with Gasteiger partial charge in [-0.1, -0.05) is 20.8 Å². The fourth-order valence-electron chi connectivity index (χ4n) is 6.43. The molecule has 234 valence electrons. The lowest BCUT2D eigenvalue weighted by molar-refractivity contribution is -0.276. The number of cyclic esters (lactones) is 1. The molecule has 0 aromatic carbocycles. The molecule has 3 aliphatic rings. The Bertz CT molecular complexity index is 947. The first kappa shape index (κ1) is 33.4. The number of methoxy groups -OCH3 is 1. The summed E-state index contributed by atoms with van der Waals surface area (Å²) in [5, 5.41) is 0. The molecule has 0 amide bonds. The highest BCUT2D eigenvalue weighted by Crippen LogP contribution is 2.41. The van der Waals surface area contributed by atoms with Crippen LogP contribution in [0.4, 0.5) is 0 Å². The fraction of sp³-hybridized carbons (Fsp3) is 0.867. The summed E-state index contributed by atoms with van der Waals surface area (Å²) >= 11 is 0. The lowest BCUT2D eigenvalue weighted by atomic mass is 9.79. The Morgan fingerprint density at radius 3 is 2.05 bits per heavy atom. The second-order valence-corrected chi connectivity index (χ2v) is 12.3. The molecule has 11 heteroatoms. The van der Waals surface area contributed by atoms with Gasteiger partial charge in [0.1, 0.15) is 18.3 Å². The van der Waals surface area contributed by atoms with Crippen LogP contribution >= 0.6 is 0 Å². The van der Waals surface area contributed by atoms with Crippen molar-refractivity contribution >= 4 is 23.7 Å². The van der Waals surface area contributed by atoms with E-state index in [-0.39, 0.29) is 24.0 Å². The average Bonchev–Trinajstić information content (AvgIpc) is 3.65. The van der Waals surface area contributed by atoms with Crippen LogP contribution in [0.5, 0.6) is 0 Å². The number of hydrogen-bond acceptors (Lipinski definition) is 11. The Balaban J connectivity index is 1.84. The largest absolute Gasteiger partial charge is 0.462 e. The van der Waals surface area contributed by atoms with E-state index in [1.165, 1.54) is 13.8 Å². The minimum Gasteiger partial charge on any atom is -0.462 e. The smallest absolute Gasteiger partial charge is 0.311 e. The van der Waals surface area contributed by atoms with Crippen molar-refractivity contribution in [3.05, 3.63) is 0 Å². The number of esters is 3. The number of hydrogen-bond donors (Lipinski definition) is 0. The number of rotatable bonds is 5. The van der Waals surface area contributed by atoms with Crippen molar-refractivity contribution in [2.24, 2.45) is 23.7 Å². The summed E-state index contributed by atoms with van der Waals surface area (Å²) in [5.41, 5.74) is -0.901. The summed E-state index contributed by atoms with van der Waals surface area (Å²) in [5.74, 6) is -2.77. The SMILES string of the molecule is CO[C@@H]1C[C@H](O[C@H]2[C@H](C)C[C@@H](C)C[C@@]3(CO3)C(=O)[C@H](C)C(OC(C)=O)C[C@@H](C)OC(=O)[C@@H]2C)OC(C)[C@@H]1OC(C)=O. The number of carbonyl (C=O) groups is 4. The molecule has 0 N–H and O–H groups in total. The van der Waals surface area contributed by atoms with Crippen LogP contribution in [-0.4, -0.2) is 85.9 Å². The predicted octanol–water partition coefficient (Wildman–Crippen LogP) is 3.38.